The standard InChI is InChI=1S/C21H17N5O6S2/c1-23-15-8-12(14(26(30)31)10-16(15)24(2)20(23)29)9-17-19(28)25(21(33)34-17)22-18(27)11-4-6-13(32-3)7-5-11/h4-10H,1-3H3,(H,22,27)/b17-9-. The predicted octanol–water partition coefficient (Wildman–Crippen LogP) is 2.34. The molecule has 11 nitrogen and oxygen atoms in total. The molecule has 1 saturated heterocycles. The average molecular weight is 500 g/mol. The second kappa shape index (κ2) is 8.76. The number of thioether (sulfide) groups is 1. The van der Waals surface area contributed by atoms with E-state index >= 15 is 0 Å². The van der Waals surface area contributed by atoms with E-state index < -0.39 is 16.7 Å². The molecule has 1 aliphatic rings. The largest absolute Gasteiger partial charge is 0.497 e. The maximum absolute atomic E-state index is 12.9. The van der Waals surface area contributed by atoms with Crippen molar-refractivity contribution in [2.24, 2.45) is 14.1 Å². The van der Waals surface area contributed by atoms with E-state index in [0.717, 1.165) is 16.8 Å². The van der Waals surface area contributed by atoms with Crippen molar-refractivity contribution in [3.63, 3.8) is 0 Å². The summed E-state index contributed by atoms with van der Waals surface area (Å²) in [6, 6.07) is 9.03. The van der Waals surface area contributed by atoms with Gasteiger partial charge in [-0.3, -0.25) is 34.3 Å². The molecular formula is C21H17N5O6S2. The van der Waals surface area contributed by atoms with Crippen molar-refractivity contribution in [1.29, 1.82) is 0 Å². The lowest BCUT2D eigenvalue weighted by Crippen LogP contribution is -2.44. The molecule has 0 saturated carbocycles. The van der Waals surface area contributed by atoms with Gasteiger partial charge in [-0.25, -0.2) is 4.79 Å². The molecule has 1 aromatic heterocycles. The number of hydrogen-bond acceptors (Lipinski definition) is 8. The Morgan fingerprint density at radius 1 is 1.15 bits per heavy atom. The van der Waals surface area contributed by atoms with E-state index in [2.05, 4.69) is 5.43 Å². The molecule has 0 radical (unpaired) electrons. The van der Waals surface area contributed by atoms with Crippen LogP contribution >= 0.6 is 24.0 Å². The first-order valence-electron chi connectivity index (χ1n) is 9.69. The number of nitrogens with one attached hydrogen (secondary N) is 1. The summed E-state index contributed by atoms with van der Waals surface area (Å²) in [6.45, 7) is 0. The number of aromatic nitrogens is 2. The third kappa shape index (κ3) is 3.95. The summed E-state index contributed by atoms with van der Waals surface area (Å²) >= 11 is 6.13. The quantitative estimate of drug-likeness (QED) is 0.245. The number of rotatable bonds is 5. The van der Waals surface area contributed by atoms with Crippen LogP contribution < -0.4 is 15.9 Å². The number of carbonyl (C=O) groups excluding carboxylic acids is 2. The summed E-state index contributed by atoms with van der Waals surface area (Å²) in [7, 11) is 4.57. The number of amides is 2. The second-order valence-electron chi connectivity index (χ2n) is 7.24. The van der Waals surface area contributed by atoms with Crippen LogP contribution in [0, 0.1) is 10.1 Å². The third-order valence-electron chi connectivity index (χ3n) is 5.26. The van der Waals surface area contributed by atoms with Crippen LogP contribution in [0.3, 0.4) is 0 Å². The number of nitro groups is 1. The van der Waals surface area contributed by atoms with Gasteiger partial charge in [-0.15, -0.1) is 0 Å². The van der Waals surface area contributed by atoms with Gasteiger partial charge in [-0.1, -0.05) is 11.8 Å². The fourth-order valence-electron chi connectivity index (χ4n) is 3.44. The predicted molar refractivity (Wildman–Crippen MR) is 130 cm³/mol. The topological polar surface area (TPSA) is 129 Å². The minimum atomic E-state index is -0.631. The zero-order chi connectivity index (χ0) is 24.7. The van der Waals surface area contributed by atoms with Crippen LogP contribution in [0.5, 0.6) is 5.75 Å². The van der Waals surface area contributed by atoms with Gasteiger partial charge >= 0.3 is 5.69 Å². The zero-order valence-corrected chi connectivity index (χ0v) is 19.7. The number of hydrogen-bond donors (Lipinski definition) is 1. The average Bonchev–Trinajstić information content (AvgIpc) is 3.20. The van der Waals surface area contributed by atoms with Gasteiger partial charge in [0.05, 0.1) is 33.5 Å². The molecule has 2 aromatic carbocycles. The Labute approximate surface area is 201 Å². The molecule has 2 amide bonds. The van der Waals surface area contributed by atoms with Crippen molar-refractivity contribution in [3.8, 4) is 5.75 Å². The molecular weight excluding hydrogens is 482 g/mol. The Kier molecular flexibility index (Phi) is 5.98. The molecule has 3 aromatic rings. The number of methoxy groups -OCH3 is 1. The summed E-state index contributed by atoms with van der Waals surface area (Å²) in [5, 5.41) is 12.6. The molecule has 0 bridgehead atoms. The van der Waals surface area contributed by atoms with Gasteiger partial charge in [-0.2, -0.15) is 5.01 Å². The minimum absolute atomic E-state index is 0.0638. The van der Waals surface area contributed by atoms with Crippen LogP contribution in [-0.2, 0) is 18.9 Å². The van der Waals surface area contributed by atoms with Crippen LogP contribution in [0.1, 0.15) is 15.9 Å². The maximum Gasteiger partial charge on any atom is 0.328 e. The summed E-state index contributed by atoms with van der Waals surface area (Å²) in [5.74, 6) is -0.625. The Morgan fingerprint density at radius 3 is 2.35 bits per heavy atom. The molecule has 0 unspecified atom stereocenters. The van der Waals surface area contributed by atoms with E-state index in [1.54, 1.807) is 19.2 Å². The highest BCUT2D eigenvalue weighted by Crippen LogP contribution is 2.34. The van der Waals surface area contributed by atoms with Crippen LogP contribution in [0.15, 0.2) is 46.1 Å². The maximum atomic E-state index is 12.9. The van der Waals surface area contributed by atoms with Gasteiger partial charge in [-0.05, 0) is 48.6 Å². The fourth-order valence-corrected chi connectivity index (χ4v) is 4.61. The Balaban J connectivity index is 1.67. The normalized spacial score (nSPS) is 14.8. The molecule has 1 aliphatic heterocycles. The molecule has 0 atom stereocenters. The van der Waals surface area contributed by atoms with Crippen LogP contribution in [0.2, 0.25) is 0 Å². The fraction of sp³-hybridized carbons (Fsp3) is 0.143. The number of fused-ring (bicyclic) bond motifs is 1. The van der Waals surface area contributed by atoms with Crippen molar-refractivity contribution in [2.75, 3.05) is 7.11 Å². The first-order valence-corrected chi connectivity index (χ1v) is 10.9. The van der Waals surface area contributed by atoms with Gasteiger partial charge < -0.3 is 4.74 Å². The summed E-state index contributed by atoms with van der Waals surface area (Å²) < 4.78 is 7.79. The summed E-state index contributed by atoms with van der Waals surface area (Å²) in [6.07, 6.45) is 1.33. The van der Waals surface area contributed by atoms with Gasteiger partial charge in [0.15, 0.2) is 4.32 Å². The van der Waals surface area contributed by atoms with Gasteiger partial charge in [0, 0.05) is 25.7 Å². The van der Waals surface area contributed by atoms with E-state index in [9.17, 15) is 24.5 Å². The van der Waals surface area contributed by atoms with Gasteiger partial charge in [0.1, 0.15) is 5.75 Å². The first-order chi connectivity index (χ1) is 16.1. The highest BCUT2D eigenvalue weighted by atomic mass is 32.2. The Bertz CT molecular complexity index is 1470. The lowest BCUT2D eigenvalue weighted by molar-refractivity contribution is -0.385. The van der Waals surface area contributed by atoms with E-state index in [1.165, 1.54) is 53.6 Å². The molecule has 13 heteroatoms. The molecule has 4 rings (SSSR count). The van der Waals surface area contributed by atoms with Crippen LogP contribution in [0.4, 0.5) is 5.69 Å². The molecule has 0 aliphatic carbocycles. The Hall–Kier alpha value is -3.97. The van der Waals surface area contributed by atoms with Crippen molar-refractivity contribution < 1.29 is 19.2 Å². The van der Waals surface area contributed by atoms with E-state index in [1.807, 2.05) is 0 Å². The number of carbonyl (C=O) groups is 2. The smallest absolute Gasteiger partial charge is 0.328 e. The van der Waals surface area contributed by atoms with Crippen molar-refractivity contribution >= 4 is 62.9 Å². The summed E-state index contributed by atoms with van der Waals surface area (Å²) in [5.41, 5.74) is 3.10. The van der Waals surface area contributed by atoms with Crippen LogP contribution in [-0.4, -0.2) is 42.3 Å². The molecule has 1 fully saturated rings. The zero-order valence-electron chi connectivity index (χ0n) is 18.1. The highest BCUT2D eigenvalue weighted by molar-refractivity contribution is 8.26. The van der Waals surface area contributed by atoms with Gasteiger partial charge in [0.2, 0.25) is 0 Å². The summed E-state index contributed by atoms with van der Waals surface area (Å²) in [4.78, 5) is 48.9. The number of imidazole rings is 1. The highest BCUT2D eigenvalue weighted by Gasteiger charge is 2.34. The van der Waals surface area contributed by atoms with E-state index in [4.69, 9.17) is 17.0 Å². The number of hydrazine groups is 1. The number of aryl methyl sites for hydroxylation is 2. The number of nitrogens with zero attached hydrogens (tertiary/aromatic N) is 4. The number of ether oxygens (including phenoxy) is 1. The van der Waals surface area contributed by atoms with Crippen molar-refractivity contribution in [2.45, 2.75) is 0 Å². The Morgan fingerprint density at radius 2 is 1.76 bits per heavy atom. The number of thiocarbonyl (C=S) groups is 1. The molecule has 2 heterocycles. The van der Waals surface area contributed by atoms with E-state index in [-0.39, 0.29) is 31.7 Å². The third-order valence-corrected chi connectivity index (χ3v) is 6.57. The SMILES string of the molecule is COc1ccc(C(=O)NN2C(=O)/C(=C/c3cc4c(cc3[N+](=O)[O-])n(C)c(=O)n4C)SC2=S)cc1. The lowest BCUT2D eigenvalue weighted by Gasteiger charge is -2.15. The molecule has 0 spiro atoms. The minimum Gasteiger partial charge on any atom is -0.497 e. The second-order valence-corrected chi connectivity index (χ2v) is 8.92. The molecule has 1 N–H and O–H groups in total. The van der Waals surface area contributed by atoms with Crippen molar-refractivity contribution in [1.82, 2.24) is 19.6 Å². The lowest BCUT2D eigenvalue weighted by atomic mass is 10.1. The first kappa shape index (κ1) is 23.2. The van der Waals surface area contributed by atoms with Crippen molar-refractivity contribution in [3.05, 3.63) is 73.0 Å². The van der Waals surface area contributed by atoms with E-state index in [0.29, 0.717) is 16.8 Å². The van der Waals surface area contributed by atoms with Crippen LogP contribution in [0.25, 0.3) is 17.1 Å². The molecule has 34 heavy (non-hydrogen) atoms. The monoisotopic (exact) mass is 499 g/mol. The number of nitro benzene ring substituents is 1. The number of benzene rings is 2. The van der Waals surface area contributed by atoms with Gasteiger partial charge in [0.25, 0.3) is 17.5 Å². The molecule has 174 valence electrons.